The average Bonchev–Trinajstić information content (AvgIpc) is 2.41. The van der Waals surface area contributed by atoms with Crippen molar-refractivity contribution in [2.45, 2.75) is 6.92 Å². The van der Waals surface area contributed by atoms with Gasteiger partial charge in [0, 0.05) is 5.56 Å². The topological polar surface area (TPSA) is 101 Å². The Morgan fingerprint density at radius 1 is 1.25 bits per heavy atom. The molecule has 1 heterocycles. The summed E-state index contributed by atoms with van der Waals surface area (Å²) < 4.78 is 5.53. The van der Waals surface area contributed by atoms with Gasteiger partial charge in [0.1, 0.15) is 17.0 Å². The Labute approximate surface area is 112 Å². The van der Waals surface area contributed by atoms with Gasteiger partial charge in [0.25, 0.3) is 0 Å². The van der Waals surface area contributed by atoms with Gasteiger partial charge in [-0.3, -0.25) is 4.79 Å². The van der Waals surface area contributed by atoms with Crippen molar-refractivity contribution < 1.29 is 19.4 Å². The number of benzene rings is 2. The molecule has 0 saturated heterocycles. The summed E-state index contributed by atoms with van der Waals surface area (Å²) in [6.45, 7) is 1.62. The van der Waals surface area contributed by atoms with Crippen molar-refractivity contribution in [2.75, 3.05) is 0 Å². The van der Waals surface area contributed by atoms with E-state index in [-0.39, 0.29) is 22.8 Å². The maximum Gasteiger partial charge on any atom is 0.343 e. The lowest BCUT2D eigenvalue weighted by molar-refractivity contribution is 0.0694. The number of aromatic hydroxyl groups is 1. The van der Waals surface area contributed by atoms with Crippen molar-refractivity contribution in [3.8, 4) is 17.2 Å². The Bertz CT molecular complexity index is 881. The molecule has 0 radical (unpaired) electrons. The number of fused-ring (bicyclic) bond motifs is 2. The van der Waals surface area contributed by atoms with E-state index in [1.165, 1.54) is 12.1 Å². The molecule has 100 valence electrons. The van der Waals surface area contributed by atoms with Crippen molar-refractivity contribution in [3.63, 3.8) is 0 Å². The minimum atomic E-state index is -1.37. The van der Waals surface area contributed by atoms with Crippen molar-refractivity contribution in [1.29, 1.82) is 0 Å². The summed E-state index contributed by atoms with van der Waals surface area (Å²) in [5.41, 5.74) is 0.338. The third-order valence-corrected chi connectivity index (χ3v) is 3.11. The number of aromatic nitrogens is 1. The highest BCUT2D eigenvalue weighted by Crippen LogP contribution is 2.31. The predicted octanol–water partition coefficient (Wildman–Crippen LogP) is 2.01. The maximum absolute atomic E-state index is 11.6. The standard InChI is InChI=1S/C14H9NO5/c1-6-9(16)4-2-7-12(6)20-13-8(15-7)3-5-10(17)11(13)14(18)19/h2-5,16H,1H3,(H,18,19). The molecule has 6 heteroatoms. The number of hydrogen-bond donors (Lipinski definition) is 2. The number of carboxylic acid groups (broad SMARTS) is 1. The van der Waals surface area contributed by atoms with Crippen molar-refractivity contribution in [3.05, 3.63) is 45.6 Å². The monoisotopic (exact) mass is 271 g/mol. The SMILES string of the molecule is Cc1c(O)ccc2nc3ccc(=O)c(C(=O)O)c-3oc12. The van der Waals surface area contributed by atoms with Crippen LogP contribution < -0.4 is 5.43 Å². The highest BCUT2D eigenvalue weighted by Gasteiger charge is 2.22. The van der Waals surface area contributed by atoms with Gasteiger partial charge >= 0.3 is 5.97 Å². The first-order valence-electron chi connectivity index (χ1n) is 5.78. The first-order chi connectivity index (χ1) is 9.49. The third-order valence-electron chi connectivity index (χ3n) is 3.11. The fourth-order valence-electron chi connectivity index (χ4n) is 2.06. The van der Waals surface area contributed by atoms with Gasteiger partial charge < -0.3 is 14.6 Å². The fourth-order valence-corrected chi connectivity index (χ4v) is 2.06. The van der Waals surface area contributed by atoms with Crippen LogP contribution in [0.15, 0.2) is 33.5 Å². The predicted molar refractivity (Wildman–Crippen MR) is 70.3 cm³/mol. The first-order valence-corrected chi connectivity index (χ1v) is 5.78. The molecule has 2 aliphatic rings. The molecule has 0 saturated carbocycles. The molecule has 0 amide bonds. The fraction of sp³-hybridized carbons (Fsp3) is 0.0714. The van der Waals surface area contributed by atoms with Gasteiger partial charge in [-0.05, 0) is 31.2 Å². The molecule has 1 aliphatic heterocycles. The minimum absolute atomic E-state index is 0.0116. The van der Waals surface area contributed by atoms with E-state index in [1.54, 1.807) is 13.0 Å². The highest BCUT2D eigenvalue weighted by atomic mass is 16.4. The molecule has 2 N–H and O–H groups in total. The zero-order valence-electron chi connectivity index (χ0n) is 10.4. The molecule has 0 spiro atoms. The number of aromatic carboxylic acids is 1. The van der Waals surface area contributed by atoms with Crippen LogP contribution in [0, 0.1) is 6.92 Å². The van der Waals surface area contributed by atoms with Crippen LogP contribution in [0.5, 0.6) is 5.75 Å². The van der Waals surface area contributed by atoms with Gasteiger partial charge in [-0.1, -0.05) is 0 Å². The number of hydrogen-bond acceptors (Lipinski definition) is 5. The largest absolute Gasteiger partial charge is 0.508 e. The quantitative estimate of drug-likeness (QED) is 0.656. The lowest BCUT2D eigenvalue weighted by Crippen LogP contribution is -2.16. The van der Waals surface area contributed by atoms with Crippen molar-refractivity contribution in [2.24, 2.45) is 0 Å². The number of rotatable bonds is 1. The Hall–Kier alpha value is -2.89. The summed E-state index contributed by atoms with van der Waals surface area (Å²) in [5.74, 6) is -1.45. The van der Waals surface area contributed by atoms with Crippen LogP contribution in [0.4, 0.5) is 0 Å². The van der Waals surface area contributed by atoms with Gasteiger partial charge in [0.05, 0.1) is 0 Å². The smallest absolute Gasteiger partial charge is 0.343 e. The van der Waals surface area contributed by atoms with Gasteiger partial charge in [-0.2, -0.15) is 0 Å². The zero-order valence-corrected chi connectivity index (χ0v) is 10.4. The molecule has 1 aliphatic carbocycles. The second kappa shape index (κ2) is 4.06. The molecule has 0 aromatic heterocycles. The van der Waals surface area contributed by atoms with Crippen LogP contribution in [0.3, 0.4) is 0 Å². The number of aryl methyl sites for hydroxylation is 1. The van der Waals surface area contributed by atoms with E-state index in [4.69, 9.17) is 9.52 Å². The van der Waals surface area contributed by atoms with Gasteiger partial charge in [-0.25, -0.2) is 9.78 Å². The van der Waals surface area contributed by atoms with E-state index >= 15 is 0 Å². The molecular weight excluding hydrogens is 262 g/mol. The summed E-state index contributed by atoms with van der Waals surface area (Å²) in [6, 6.07) is 5.60. The summed E-state index contributed by atoms with van der Waals surface area (Å²) in [6.07, 6.45) is 0. The molecule has 0 bridgehead atoms. The molecule has 1 aromatic rings. The molecule has 20 heavy (non-hydrogen) atoms. The Balaban J connectivity index is 2.53. The molecule has 3 rings (SSSR count). The summed E-state index contributed by atoms with van der Waals surface area (Å²) in [7, 11) is 0. The van der Waals surface area contributed by atoms with E-state index in [9.17, 15) is 14.7 Å². The highest BCUT2D eigenvalue weighted by molar-refractivity contribution is 5.95. The van der Waals surface area contributed by atoms with E-state index in [0.717, 1.165) is 6.07 Å². The summed E-state index contributed by atoms with van der Waals surface area (Å²) >= 11 is 0. The average molecular weight is 271 g/mol. The zero-order chi connectivity index (χ0) is 14.4. The van der Waals surface area contributed by atoms with Crippen LogP contribution in [0.2, 0.25) is 0 Å². The normalized spacial score (nSPS) is 11.1. The Kier molecular flexibility index (Phi) is 2.47. The Morgan fingerprint density at radius 2 is 2.00 bits per heavy atom. The van der Waals surface area contributed by atoms with Crippen LogP contribution in [0.25, 0.3) is 22.6 Å². The van der Waals surface area contributed by atoms with E-state index in [2.05, 4.69) is 4.98 Å². The minimum Gasteiger partial charge on any atom is -0.508 e. The molecular formula is C14H9NO5. The van der Waals surface area contributed by atoms with Crippen LogP contribution in [0.1, 0.15) is 15.9 Å². The summed E-state index contributed by atoms with van der Waals surface area (Å²) in [4.78, 5) is 27.1. The number of phenols is 1. The second-order valence-electron chi connectivity index (χ2n) is 4.36. The van der Waals surface area contributed by atoms with Crippen LogP contribution in [-0.2, 0) is 0 Å². The molecule has 0 atom stereocenters. The number of nitrogens with zero attached hydrogens (tertiary/aromatic N) is 1. The lowest BCUT2D eigenvalue weighted by atomic mass is 10.1. The van der Waals surface area contributed by atoms with Crippen LogP contribution >= 0.6 is 0 Å². The van der Waals surface area contributed by atoms with E-state index < -0.39 is 17.0 Å². The lowest BCUT2D eigenvalue weighted by Gasteiger charge is -2.10. The van der Waals surface area contributed by atoms with Crippen molar-refractivity contribution >= 4 is 17.1 Å². The number of phenolic OH excluding ortho intramolecular Hbond substituents is 1. The molecule has 6 nitrogen and oxygen atoms in total. The maximum atomic E-state index is 11.6. The second-order valence-corrected chi connectivity index (χ2v) is 4.36. The molecule has 1 aromatic carbocycles. The van der Waals surface area contributed by atoms with E-state index in [0.29, 0.717) is 11.1 Å². The first kappa shape index (κ1) is 12.2. The van der Waals surface area contributed by atoms with Crippen molar-refractivity contribution in [1.82, 2.24) is 4.98 Å². The molecule has 0 unspecified atom stereocenters. The number of carbonyl (C=O) groups is 1. The van der Waals surface area contributed by atoms with E-state index in [1.807, 2.05) is 0 Å². The summed E-state index contributed by atoms with van der Waals surface area (Å²) in [5, 5.41) is 18.8. The van der Waals surface area contributed by atoms with Gasteiger partial charge in [0.15, 0.2) is 22.3 Å². The van der Waals surface area contributed by atoms with Gasteiger partial charge in [-0.15, -0.1) is 0 Å². The van der Waals surface area contributed by atoms with Crippen LogP contribution in [-0.4, -0.2) is 21.2 Å². The Morgan fingerprint density at radius 3 is 2.70 bits per heavy atom. The van der Waals surface area contributed by atoms with Gasteiger partial charge in [0.2, 0.25) is 0 Å². The third kappa shape index (κ3) is 1.62. The number of carboxylic acids is 1. The molecule has 0 fully saturated rings.